The van der Waals surface area contributed by atoms with Gasteiger partial charge in [-0.25, -0.2) is 4.98 Å². The van der Waals surface area contributed by atoms with Crippen LogP contribution in [0.1, 0.15) is 18.7 Å². The Morgan fingerprint density at radius 1 is 1.25 bits per heavy atom. The lowest BCUT2D eigenvalue weighted by atomic mass is 10.1. The SMILES string of the molecule is Cc1nccc(OC2CCN(C(=O)CSc3ccncc3)CC2)n1. The van der Waals surface area contributed by atoms with Crippen LogP contribution in [0.4, 0.5) is 0 Å². The standard InChI is InChI=1S/C17H20N4O2S/c1-13-19-9-4-16(20-13)23-14-5-10-21(11-6-14)17(22)12-24-15-2-7-18-8-3-15/h2-4,7-9,14H,5-6,10-12H2,1H3. The summed E-state index contributed by atoms with van der Waals surface area (Å²) in [5, 5.41) is 0. The van der Waals surface area contributed by atoms with Crippen LogP contribution in [0.2, 0.25) is 0 Å². The maximum absolute atomic E-state index is 12.3. The first kappa shape index (κ1) is 16.7. The fraction of sp³-hybridized carbons (Fsp3) is 0.412. The molecule has 1 aliphatic heterocycles. The summed E-state index contributed by atoms with van der Waals surface area (Å²) < 4.78 is 5.89. The van der Waals surface area contributed by atoms with Crippen molar-refractivity contribution in [2.45, 2.75) is 30.8 Å². The number of piperidine rings is 1. The van der Waals surface area contributed by atoms with Crippen molar-refractivity contribution in [2.75, 3.05) is 18.8 Å². The van der Waals surface area contributed by atoms with Crippen LogP contribution in [-0.2, 0) is 4.79 Å². The number of thioether (sulfide) groups is 1. The van der Waals surface area contributed by atoms with E-state index in [0.717, 1.165) is 30.8 Å². The number of nitrogens with zero attached hydrogens (tertiary/aromatic N) is 4. The van der Waals surface area contributed by atoms with Gasteiger partial charge in [0.05, 0.1) is 5.75 Å². The minimum absolute atomic E-state index is 0.108. The zero-order valence-corrected chi connectivity index (χ0v) is 14.4. The summed E-state index contributed by atoms with van der Waals surface area (Å²) in [7, 11) is 0. The van der Waals surface area contributed by atoms with Crippen molar-refractivity contribution in [3.05, 3.63) is 42.6 Å². The molecule has 126 valence electrons. The fourth-order valence-corrected chi connectivity index (χ4v) is 3.35. The van der Waals surface area contributed by atoms with Crippen molar-refractivity contribution >= 4 is 17.7 Å². The molecule has 1 amide bonds. The molecule has 2 aromatic rings. The third-order valence-corrected chi connectivity index (χ3v) is 4.84. The van der Waals surface area contributed by atoms with Crippen LogP contribution in [0.3, 0.4) is 0 Å². The summed E-state index contributed by atoms with van der Waals surface area (Å²) >= 11 is 1.55. The van der Waals surface area contributed by atoms with Gasteiger partial charge in [0.15, 0.2) is 0 Å². The van der Waals surface area contributed by atoms with Crippen molar-refractivity contribution < 1.29 is 9.53 Å². The average molecular weight is 344 g/mol. The van der Waals surface area contributed by atoms with E-state index in [2.05, 4.69) is 15.0 Å². The van der Waals surface area contributed by atoms with Crippen molar-refractivity contribution in [2.24, 2.45) is 0 Å². The maximum atomic E-state index is 12.3. The molecule has 0 aromatic carbocycles. The maximum Gasteiger partial charge on any atom is 0.232 e. The summed E-state index contributed by atoms with van der Waals surface area (Å²) in [6.45, 7) is 3.30. The number of ether oxygens (including phenoxy) is 1. The topological polar surface area (TPSA) is 68.2 Å². The number of aryl methyl sites for hydroxylation is 1. The number of hydrogen-bond acceptors (Lipinski definition) is 6. The Kier molecular flexibility index (Phi) is 5.63. The molecule has 0 spiro atoms. The van der Waals surface area contributed by atoms with Gasteiger partial charge in [-0.1, -0.05) is 0 Å². The number of aromatic nitrogens is 3. The molecule has 0 bridgehead atoms. The molecule has 0 saturated carbocycles. The van der Waals surface area contributed by atoms with E-state index in [4.69, 9.17) is 4.74 Å². The lowest BCUT2D eigenvalue weighted by Gasteiger charge is -2.31. The first-order valence-corrected chi connectivity index (χ1v) is 8.96. The van der Waals surface area contributed by atoms with Gasteiger partial charge in [-0.2, -0.15) is 4.98 Å². The Labute approximate surface area is 145 Å². The lowest BCUT2D eigenvalue weighted by Crippen LogP contribution is -2.42. The zero-order valence-electron chi connectivity index (χ0n) is 13.6. The van der Waals surface area contributed by atoms with Crippen LogP contribution < -0.4 is 4.74 Å². The molecule has 0 N–H and O–H groups in total. The van der Waals surface area contributed by atoms with Crippen LogP contribution in [-0.4, -0.2) is 50.7 Å². The molecule has 7 heteroatoms. The van der Waals surface area contributed by atoms with E-state index in [0.29, 0.717) is 17.5 Å². The van der Waals surface area contributed by atoms with Crippen LogP contribution >= 0.6 is 11.8 Å². The van der Waals surface area contributed by atoms with Gasteiger partial charge >= 0.3 is 0 Å². The van der Waals surface area contributed by atoms with Gasteiger partial charge < -0.3 is 9.64 Å². The van der Waals surface area contributed by atoms with Gasteiger partial charge in [-0.15, -0.1) is 11.8 Å². The molecular formula is C17H20N4O2S. The predicted molar refractivity (Wildman–Crippen MR) is 92.0 cm³/mol. The molecule has 0 atom stereocenters. The van der Waals surface area contributed by atoms with Gasteiger partial charge in [0.2, 0.25) is 11.8 Å². The van der Waals surface area contributed by atoms with Gasteiger partial charge in [0.1, 0.15) is 11.9 Å². The number of carbonyl (C=O) groups excluding carboxylic acids is 1. The van der Waals surface area contributed by atoms with E-state index >= 15 is 0 Å². The quantitative estimate of drug-likeness (QED) is 0.776. The molecule has 3 heterocycles. The highest BCUT2D eigenvalue weighted by molar-refractivity contribution is 8.00. The van der Waals surface area contributed by atoms with Crippen molar-refractivity contribution in [1.82, 2.24) is 19.9 Å². The van der Waals surface area contributed by atoms with Gasteiger partial charge in [0.25, 0.3) is 0 Å². The van der Waals surface area contributed by atoms with E-state index in [1.165, 1.54) is 0 Å². The Morgan fingerprint density at radius 3 is 2.71 bits per heavy atom. The molecule has 1 fully saturated rings. The van der Waals surface area contributed by atoms with E-state index in [9.17, 15) is 4.79 Å². The average Bonchev–Trinajstić information content (AvgIpc) is 2.61. The Morgan fingerprint density at radius 2 is 2.00 bits per heavy atom. The molecule has 0 unspecified atom stereocenters. The van der Waals surface area contributed by atoms with Crippen LogP contribution in [0, 0.1) is 6.92 Å². The molecular weight excluding hydrogens is 324 g/mol. The Bertz CT molecular complexity index is 675. The van der Waals surface area contributed by atoms with Crippen LogP contribution in [0.25, 0.3) is 0 Å². The molecule has 6 nitrogen and oxygen atoms in total. The molecule has 0 aliphatic carbocycles. The number of pyridine rings is 1. The minimum atomic E-state index is 0.108. The number of amides is 1. The molecule has 2 aromatic heterocycles. The van der Waals surface area contributed by atoms with Crippen molar-refractivity contribution in [3.8, 4) is 5.88 Å². The number of hydrogen-bond donors (Lipinski definition) is 0. The monoisotopic (exact) mass is 344 g/mol. The number of rotatable bonds is 5. The highest BCUT2D eigenvalue weighted by Crippen LogP contribution is 2.20. The molecule has 24 heavy (non-hydrogen) atoms. The number of likely N-dealkylation sites (tertiary alicyclic amines) is 1. The minimum Gasteiger partial charge on any atom is -0.474 e. The van der Waals surface area contributed by atoms with E-state index in [-0.39, 0.29) is 12.0 Å². The van der Waals surface area contributed by atoms with E-state index in [1.807, 2.05) is 24.0 Å². The van der Waals surface area contributed by atoms with Gasteiger partial charge in [0, 0.05) is 55.5 Å². The van der Waals surface area contributed by atoms with Gasteiger partial charge in [-0.05, 0) is 19.1 Å². The van der Waals surface area contributed by atoms with Crippen LogP contribution in [0.15, 0.2) is 41.7 Å². The third-order valence-electron chi connectivity index (χ3n) is 3.84. The predicted octanol–water partition coefficient (Wildman–Crippen LogP) is 2.34. The van der Waals surface area contributed by atoms with Gasteiger partial charge in [-0.3, -0.25) is 9.78 Å². The normalized spacial score (nSPS) is 15.3. The molecule has 3 rings (SSSR count). The van der Waals surface area contributed by atoms with Crippen LogP contribution in [0.5, 0.6) is 5.88 Å². The zero-order chi connectivity index (χ0) is 16.8. The summed E-state index contributed by atoms with van der Waals surface area (Å²) in [5.41, 5.74) is 0. The van der Waals surface area contributed by atoms with Crippen molar-refractivity contribution in [1.29, 1.82) is 0 Å². The largest absolute Gasteiger partial charge is 0.474 e. The summed E-state index contributed by atoms with van der Waals surface area (Å²) in [6, 6.07) is 5.61. The third kappa shape index (κ3) is 4.67. The second-order valence-electron chi connectivity index (χ2n) is 5.61. The fourth-order valence-electron chi connectivity index (χ4n) is 2.56. The molecule has 1 saturated heterocycles. The van der Waals surface area contributed by atoms with E-state index < -0.39 is 0 Å². The summed E-state index contributed by atoms with van der Waals surface area (Å²) in [6.07, 6.45) is 6.95. The second-order valence-corrected chi connectivity index (χ2v) is 6.66. The Hall–Kier alpha value is -2.15. The summed E-state index contributed by atoms with van der Waals surface area (Å²) in [4.78, 5) is 27.6. The molecule has 1 aliphatic rings. The summed E-state index contributed by atoms with van der Waals surface area (Å²) in [5.74, 6) is 1.95. The number of carbonyl (C=O) groups is 1. The smallest absolute Gasteiger partial charge is 0.232 e. The second kappa shape index (κ2) is 8.10. The lowest BCUT2D eigenvalue weighted by molar-refractivity contribution is -0.130. The van der Waals surface area contributed by atoms with Crippen molar-refractivity contribution in [3.63, 3.8) is 0 Å². The Balaban J connectivity index is 1.43. The highest BCUT2D eigenvalue weighted by atomic mass is 32.2. The molecule has 0 radical (unpaired) electrons. The first-order chi connectivity index (χ1) is 11.7. The highest BCUT2D eigenvalue weighted by Gasteiger charge is 2.24. The first-order valence-electron chi connectivity index (χ1n) is 7.97. The van der Waals surface area contributed by atoms with E-state index in [1.54, 1.807) is 36.4 Å².